The SMILES string of the molecule is CSCCC(NC(N)=O)C(=O)N1CCN(CC(=O)O)CC1. The van der Waals surface area contributed by atoms with E-state index in [0.717, 1.165) is 5.75 Å². The summed E-state index contributed by atoms with van der Waals surface area (Å²) in [6, 6.07) is -1.32. The lowest BCUT2D eigenvalue weighted by molar-refractivity contribution is -0.139. The number of hydrogen-bond acceptors (Lipinski definition) is 5. The molecule has 1 rings (SSSR count). The molecule has 0 aromatic rings. The molecule has 1 unspecified atom stereocenters. The number of nitrogens with two attached hydrogens (primary N) is 1. The molecule has 0 saturated carbocycles. The Labute approximate surface area is 128 Å². The van der Waals surface area contributed by atoms with Crippen molar-refractivity contribution in [1.82, 2.24) is 15.1 Å². The van der Waals surface area contributed by atoms with Crippen LogP contribution in [0.4, 0.5) is 4.79 Å². The minimum absolute atomic E-state index is 0.0164. The molecule has 1 fully saturated rings. The maximum atomic E-state index is 12.4. The average molecular weight is 318 g/mol. The molecule has 8 nitrogen and oxygen atoms in total. The van der Waals surface area contributed by atoms with Crippen molar-refractivity contribution in [3.05, 3.63) is 0 Å². The van der Waals surface area contributed by atoms with Crippen molar-refractivity contribution < 1.29 is 19.5 Å². The number of primary amides is 1. The van der Waals surface area contributed by atoms with Crippen molar-refractivity contribution in [2.24, 2.45) is 5.73 Å². The Morgan fingerprint density at radius 3 is 2.38 bits per heavy atom. The smallest absolute Gasteiger partial charge is 0.317 e. The Balaban J connectivity index is 2.52. The van der Waals surface area contributed by atoms with Gasteiger partial charge in [-0.3, -0.25) is 14.5 Å². The number of hydrogen-bond donors (Lipinski definition) is 3. The highest BCUT2D eigenvalue weighted by molar-refractivity contribution is 7.98. The molecule has 21 heavy (non-hydrogen) atoms. The second-order valence-corrected chi connectivity index (χ2v) is 5.82. The van der Waals surface area contributed by atoms with Gasteiger partial charge < -0.3 is 21.1 Å². The highest BCUT2D eigenvalue weighted by Gasteiger charge is 2.28. The van der Waals surface area contributed by atoms with E-state index >= 15 is 0 Å². The number of rotatable bonds is 7. The molecule has 1 atom stereocenters. The number of carboxylic acids is 1. The molecule has 1 heterocycles. The van der Waals surface area contributed by atoms with Crippen molar-refractivity contribution >= 4 is 29.7 Å². The first-order valence-electron chi connectivity index (χ1n) is 6.72. The van der Waals surface area contributed by atoms with Gasteiger partial charge in [-0.1, -0.05) is 0 Å². The lowest BCUT2D eigenvalue weighted by Gasteiger charge is -2.35. The Morgan fingerprint density at radius 1 is 1.29 bits per heavy atom. The predicted octanol–water partition coefficient (Wildman–Crippen LogP) is -0.995. The molecule has 1 saturated heterocycles. The van der Waals surface area contributed by atoms with Crippen LogP contribution in [0.5, 0.6) is 0 Å². The second kappa shape index (κ2) is 8.73. The van der Waals surface area contributed by atoms with E-state index in [-0.39, 0.29) is 12.5 Å². The van der Waals surface area contributed by atoms with Gasteiger partial charge in [-0.05, 0) is 18.4 Å². The Hall–Kier alpha value is -1.48. The molecule has 0 bridgehead atoms. The maximum absolute atomic E-state index is 12.4. The summed E-state index contributed by atoms with van der Waals surface area (Å²) in [6.45, 7) is 1.94. The van der Waals surface area contributed by atoms with Gasteiger partial charge in [0.05, 0.1) is 6.54 Å². The zero-order valence-corrected chi connectivity index (χ0v) is 12.9. The third kappa shape index (κ3) is 6.21. The third-order valence-corrected chi connectivity index (χ3v) is 3.91. The standard InChI is InChI=1S/C12H22N4O4S/c1-21-7-2-9(14-12(13)20)11(19)16-5-3-15(4-6-16)8-10(17)18/h9H,2-8H2,1H3,(H,17,18)(H3,13,14,20). The number of amides is 3. The zero-order chi connectivity index (χ0) is 15.8. The topological polar surface area (TPSA) is 116 Å². The normalized spacial score (nSPS) is 17.3. The number of piperazine rings is 1. The molecule has 0 aromatic carbocycles. The van der Waals surface area contributed by atoms with Crippen molar-refractivity contribution in [2.45, 2.75) is 12.5 Å². The molecule has 1 aliphatic heterocycles. The molecule has 120 valence electrons. The number of urea groups is 1. The first kappa shape index (κ1) is 17.6. The lowest BCUT2D eigenvalue weighted by Crippen LogP contribution is -2.56. The van der Waals surface area contributed by atoms with Crippen LogP contribution in [0.15, 0.2) is 0 Å². The summed E-state index contributed by atoms with van der Waals surface area (Å²) < 4.78 is 0. The van der Waals surface area contributed by atoms with E-state index in [1.165, 1.54) is 0 Å². The zero-order valence-electron chi connectivity index (χ0n) is 12.1. The molecule has 0 spiro atoms. The van der Waals surface area contributed by atoms with E-state index in [1.54, 1.807) is 21.6 Å². The van der Waals surface area contributed by atoms with E-state index in [0.29, 0.717) is 32.6 Å². The second-order valence-electron chi connectivity index (χ2n) is 4.84. The van der Waals surface area contributed by atoms with E-state index in [9.17, 15) is 14.4 Å². The van der Waals surface area contributed by atoms with Gasteiger partial charge in [0.2, 0.25) is 5.91 Å². The molecule has 0 radical (unpaired) electrons. The Bertz CT molecular complexity index is 385. The van der Waals surface area contributed by atoms with Gasteiger partial charge >= 0.3 is 12.0 Å². The van der Waals surface area contributed by atoms with Crippen LogP contribution >= 0.6 is 11.8 Å². The molecule has 4 N–H and O–H groups in total. The van der Waals surface area contributed by atoms with E-state index in [1.807, 2.05) is 6.26 Å². The number of thioether (sulfide) groups is 1. The minimum atomic E-state index is -0.872. The monoisotopic (exact) mass is 318 g/mol. The Morgan fingerprint density at radius 2 is 1.90 bits per heavy atom. The van der Waals surface area contributed by atoms with E-state index in [2.05, 4.69) is 5.32 Å². The number of aliphatic carboxylic acids is 1. The number of carboxylic acid groups (broad SMARTS) is 1. The average Bonchev–Trinajstić information content (AvgIpc) is 2.42. The molecule has 9 heteroatoms. The van der Waals surface area contributed by atoms with Gasteiger partial charge in [0, 0.05) is 26.2 Å². The van der Waals surface area contributed by atoms with Crippen LogP contribution in [0.2, 0.25) is 0 Å². The fourth-order valence-corrected chi connectivity index (χ4v) is 2.67. The summed E-state index contributed by atoms with van der Waals surface area (Å²) >= 11 is 1.59. The van der Waals surface area contributed by atoms with E-state index < -0.39 is 18.0 Å². The summed E-state index contributed by atoms with van der Waals surface area (Å²) in [7, 11) is 0. The first-order chi connectivity index (χ1) is 9.93. The van der Waals surface area contributed by atoms with Crippen LogP contribution in [0.3, 0.4) is 0 Å². The maximum Gasteiger partial charge on any atom is 0.317 e. The van der Waals surface area contributed by atoms with Crippen molar-refractivity contribution in [3.8, 4) is 0 Å². The fourth-order valence-electron chi connectivity index (χ4n) is 2.20. The van der Waals surface area contributed by atoms with Gasteiger partial charge in [-0.25, -0.2) is 4.79 Å². The molecular weight excluding hydrogens is 296 g/mol. The van der Waals surface area contributed by atoms with Gasteiger partial charge in [0.25, 0.3) is 0 Å². The summed E-state index contributed by atoms with van der Waals surface area (Å²) in [5.74, 6) is -0.281. The number of carbonyl (C=O) groups is 3. The van der Waals surface area contributed by atoms with Gasteiger partial charge in [0.1, 0.15) is 6.04 Å². The highest BCUT2D eigenvalue weighted by Crippen LogP contribution is 2.08. The van der Waals surface area contributed by atoms with Crippen LogP contribution in [-0.4, -0.2) is 83.6 Å². The fraction of sp³-hybridized carbons (Fsp3) is 0.750. The summed E-state index contributed by atoms with van der Waals surface area (Å²) in [5, 5.41) is 11.2. The van der Waals surface area contributed by atoms with Crippen LogP contribution < -0.4 is 11.1 Å². The third-order valence-electron chi connectivity index (χ3n) is 3.27. The Kier molecular flexibility index (Phi) is 7.30. The lowest BCUT2D eigenvalue weighted by atomic mass is 10.1. The van der Waals surface area contributed by atoms with Gasteiger partial charge in [-0.15, -0.1) is 0 Å². The number of nitrogens with zero attached hydrogens (tertiary/aromatic N) is 2. The molecule has 0 aliphatic carbocycles. The molecule has 1 aliphatic rings. The minimum Gasteiger partial charge on any atom is -0.480 e. The summed E-state index contributed by atoms with van der Waals surface area (Å²) in [5.41, 5.74) is 5.11. The van der Waals surface area contributed by atoms with Gasteiger partial charge in [-0.2, -0.15) is 11.8 Å². The van der Waals surface area contributed by atoms with Crippen LogP contribution in [0, 0.1) is 0 Å². The molecular formula is C12H22N4O4S. The molecule has 0 aromatic heterocycles. The van der Waals surface area contributed by atoms with Crippen LogP contribution in [0.25, 0.3) is 0 Å². The summed E-state index contributed by atoms with van der Waals surface area (Å²) in [4.78, 5) is 37.5. The van der Waals surface area contributed by atoms with Crippen molar-refractivity contribution in [2.75, 3.05) is 44.7 Å². The van der Waals surface area contributed by atoms with Crippen molar-refractivity contribution in [1.29, 1.82) is 0 Å². The van der Waals surface area contributed by atoms with Crippen LogP contribution in [-0.2, 0) is 9.59 Å². The van der Waals surface area contributed by atoms with Crippen molar-refractivity contribution in [3.63, 3.8) is 0 Å². The number of nitrogens with one attached hydrogen (secondary N) is 1. The largest absolute Gasteiger partial charge is 0.480 e. The van der Waals surface area contributed by atoms with Crippen LogP contribution in [0.1, 0.15) is 6.42 Å². The first-order valence-corrected chi connectivity index (χ1v) is 8.11. The van der Waals surface area contributed by atoms with Gasteiger partial charge in [0.15, 0.2) is 0 Å². The molecule has 3 amide bonds. The quantitative estimate of drug-likeness (QED) is 0.555. The van der Waals surface area contributed by atoms with E-state index in [4.69, 9.17) is 10.8 Å². The highest BCUT2D eigenvalue weighted by atomic mass is 32.2. The summed E-state index contributed by atoms with van der Waals surface area (Å²) in [6.07, 6.45) is 2.45. The number of carbonyl (C=O) groups excluding carboxylic acids is 2. The predicted molar refractivity (Wildman–Crippen MR) is 80.2 cm³/mol.